The SMILES string of the molecule is CC1CCN(C(C)C(N)=O)CC1O. The summed E-state index contributed by atoms with van der Waals surface area (Å²) in [5.74, 6) is 0.0121. The van der Waals surface area contributed by atoms with Gasteiger partial charge in [0.25, 0.3) is 0 Å². The molecular formula is C9H18N2O2. The molecule has 0 bridgehead atoms. The van der Waals surface area contributed by atoms with Gasteiger partial charge in [-0.15, -0.1) is 0 Å². The summed E-state index contributed by atoms with van der Waals surface area (Å²) in [5.41, 5.74) is 5.18. The summed E-state index contributed by atoms with van der Waals surface area (Å²) < 4.78 is 0. The first-order valence-electron chi connectivity index (χ1n) is 4.73. The van der Waals surface area contributed by atoms with Gasteiger partial charge in [0, 0.05) is 6.54 Å². The Labute approximate surface area is 78.7 Å². The fraction of sp³-hybridized carbons (Fsp3) is 0.889. The van der Waals surface area contributed by atoms with E-state index in [0.29, 0.717) is 12.5 Å². The van der Waals surface area contributed by atoms with E-state index >= 15 is 0 Å². The molecule has 4 heteroatoms. The van der Waals surface area contributed by atoms with Gasteiger partial charge in [-0.05, 0) is 25.8 Å². The lowest BCUT2D eigenvalue weighted by molar-refractivity contribution is -0.124. The summed E-state index contributed by atoms with van der Waals surface area (Å²) in [6.45, 7) is 5.22. The minimum absolute atomic E-state index is 0.262. The van der Waals surface area contributed by atoms with Gasteiger partial charge < -0.3 is 10.8 Å². The Morgan fingerprint density at radius 2 is 2.31 bits per heavy atom. The number of aliphatic hydroxyl groups is 1. The third-order valence-electron chi connectivity index (χ3n) is 2.91. The maximum Gasteiger partial charge on any atom is 0.234 e. The Morgan fingerprint density at radius 3 is 2.77 bits per heavy atom. The van der Waals surface area contributed by atoms with Crippen LogP contribution in [0.4, 0.5) is 0 Å². The molecule has 0 aromatic rings. The number of nitrogens with zero attached hydrogens (tertiary/aromatic N) is 1. The second-order valence-corrected chi connectivity index (χ2v) is 3.91. The summed E-state index contributed by atoms with van der Waals surface area (Å²) in [4.78, 5) is 12.8. The molecule has 0 saturated carbocycles. The Kier molecular flexibility index (Phi) is 3.27. The number of carbonyl (C=O) groups excluding carboxylic acids is 1. The zero-order valence-corrected chi connectivity index (χ0v) is 8.23. The first kappa shape index (κ1) is 10.5. The van der Waals surface area contributed by atoms with Crippen molar-refractivity contribution in [3.8, 4) is 0 Å². The van der Waals surface area contributed by atoms with E-state index < -0.39 is 0 Å². The number of amides is 1. The Morgan fingerprint density at radius 1 is 1.69 bits per heavy atom. The highest BCUT2D eigenvalue weighted by atomic mass is 16.3. The highest BCUT2D eigenvalue weighted by Gasteiger charge is 2.28. The highest BCUT2D eigenvalue weighted by Crippen LogP contribution is 2.18. The molecule has 13 heavy (non-hydrogen) atoms. The molecule has 3 atom stereocenters. The number of hydrogen-bond acceptors (Lipinski definition) is 3. The van der Waals surface area contributed by atoms with Gasteiger partial charge in [0.2, 0.25) is 5.91 Å². The van der Waals surface area contributed by atoms with Gasteiger partial charge in [-0.1, -0.05) is 6.92 Å². The number of piperidine rings is 1. The van der Waals surface area contributed by atoms with Gasteiger partial charge in [0.1, 0.15) is 0 Å². The van der Waals surface area contributed by atoms with E-state index in [-0.39, 0.29) is 18.1 Å². The summed E-state index contributed by atoms with van der Waals surface area (Å²) in [6.07, 6.45) is 0.606. The van der Waals surface area contributed by atoms with Crippen molar-refractivity contribution in [3.05, 3.63) is 0 Å². The van der Waals surface area contributed by atoms with E-state index in [1.54, 1.807) is 6.92 Å². The molecule has 4 nitrogen and oxygen atoms in total. The molecule has 1 fully saturated rings. The second-order valence-electron chi connectivity index (χ2n) is 3.91. The molecule has 3 N–H and O–H groups in total. The van der Waals surface area contributed by atoms with Crippen LogP contribution in [-0.4, -0.2) is 41.1 Å². The summed E-state index contributed by atoms with van der Waals surface area (Å²) in [7, 11) is 0. The standard InChI is InChI=1S/C9H18N2O2/c1-6-3-4-11(5-8(6)12)7(2)9(10)13/h6-8,12H,3-5H2,1-2H3,(H2,10,13). The lowest BCUT2D eigenvalue weighted by Crippen LogP contribution is -2.51. The number of β-amino-alcohol motifs (C(OH)–C–C–N with tert-alkyl or cyclic N) is 1. The van der Waals surface area contributed by atoms with Crippen LogP contribution in [0, 0.1) is 5.92 Å². The summed E-state index contributed by atoms with van der Waals surface area (Å²) >= 11 is 0. The third kappa shape index (κ3) is 2.42. The number of primary amides is 1. The largest absolute Gasteiger partial charge is 0.392 e. The number of nitrogens with two attached hydrogens (primary N) is 1. The maximum atomic E-state index is 10.9. The molecule has 1 saturated heterocycles. The average molecular weight is 186 g/mol. The lowest BCUT2D eigenvalue weighted by Gasteiger charge is -2.36. The number of likely N-dealkylation sites (tertiary alicyclic amines) is 1. The van der Waals surface area contributed by atoms with E-state index in [0.717, 1.165) is 13.0 Å². The van der Waals surface area contributed by atoms with Crippen LogP contribution in [0.3, 0.4) is 0 Å². The molecule has 0 aliphatic carbocycles. The van der Waals surface area contributed by atoms with Gasteiger partial charge in [-0.2, -0.15) is 0 Å². The van der Waals surface area contributed by atoms with E-state index in [1.165, 1.54) is 0 Å². The second kappa shape index (κ2) is 4.07. The van der Waals surface area contributed by atoms with Crippen molar-refractivity contribution in [3.63, 3.8) is 0 Å². The molecule has 76 valence electrons. The molecule has 1 aliphatic rings. The van der Waals surface area contributed by atoms with Gasteiger partial charge in [0.05, 0.1) is 12.1 Å². The van der Waals surface area contributed by atoms with E-state index in [9.17, 15) is 9.90 Å². The summed E-state index contributed by atoms with van der Waals surface area (Å²) in [5, 5.41) is 9.58. The van der Waals surface area contributed by atoms with Crippen molar-refractivity contribution >= 4 is 5.91 Å². The summed E-state index contributed by atoms with van der Waals surface area (Å²) in [6, 6.07) is -0.262. The molecular weight excluding hydrogens is 168 g/mol. The number of hydrogen-bond donors (Lipinski definition) is 2. The molecule has 1 amide bonds. The Balaban J connectivity index is 2.50. The van der Waals surface area contributed by atoms with Crippen LogP contribution >= 0.6 is 0 Å². The van der Waals surface area contributed by atoms with Crippen LogP contribution in [-0.2, 0) is 4.79 Å². The molecule has 0 aromatic heterocycles. The molecule has 0 aromatic carbocycles. The van der Waals surface area contributed by atoms with Crippen LogP contribution in [0.1, 0.15) is 20.3 Å². The predicted octanol–water partition coefficient (Wildman–Crippen LogP) is -0.437. The number of aliphatic hydroxyl groups excluding tert-OH is 1. The predicted molar refractivity (Wildman–Crippen MR) is 50.0 cm³/mol. The van der Waals surface area contributed by atoms with Gasteiger partial charge in [-0.25, -0.2) is 0 Å². The third-order valence-corrected chi connectivity index (χ3v) is 2.91. The van der Waals surface area contributed by atoms with E-state index in [2.05, 4.69) is 0 Å². The quantitative estimate of drug-likeness (QED) is 0.614. The van der Waals surface area contributed by atoms with Crippen LogP contribution in [0.2, 0.25) is 0 Å². The monoisotopic (exact) mass is 186 g/mol. The minimum Gasteiger partial charge on any atom is -0.392 e. The van der Waals surface area contributed by atoms with Crippen molar-refractivity contribution in [2.24, 2.45) is 11.7 Å². The fourth-order valence-corrected chi connectivity index (χ4v) is 1.61. The van der Waals surface area contributed by atoms with Crippen molar-refractivity contribution in [2.75, 3.05) is 13.1 Å². The van der Waals surface area contributed by atoms with Crippen molar-refractivity contribution in [1.29, 1.82) is 0 Å². The normalized spacial score (nSPS) is 32.8. The van der Waals surface area contributed by atoms with Crippen LogP contribution < -0.4 is 5.73 Å². The Bertz CT molecular complexity index is 196. The fourth-order valence-electron chi connectivity index (χ4n) is 1.61. The smallest absolute Gasteiger partial charge is 0.234 e. The minimum atomic E-state index is -0.324. The van der Waals surface area contributed by atoms with Crippen molar-refractivity contribution in [1.82, 2.24) is 4.90 Å². The van der Waals surface area contributed by atoms with Crippen LogP contribution in [0.25, 0.3) is 0 Å². The van der Waals surface area contributed by atoms with Crippen LogP contribution in [0.15, 0.2) is 0 Å². The van der Waals surface area contributed by atoms with E-state index in [4.69, 9.17) is 5.73 Å². The lowest BCUT2D eigenvalue weighted by atomic mass is 9.95. The van der Waals surface area contributed by atoms with Crippen molar-refractivity contribution < 1.29 is 9.90 Å². The topological polar surface area (TPSA) is 66.6 Å². The zero-order valence-electron chi connectivity index (χ0n) is 8.23. The highest BCUT2D eigenvalue weighted by molar-refractivity contribution is 5.79. The molecule has 1 aliphatic heterocycles. The molecule has 1 rings (SSSR count). The average Bonchev–Trinajstić information content (AvgIpc) is 2.08. The molecule has 3 unspecified atom stereocenters. The first-order valence-corrected chi connectivity index (χ1v) is 4.73. The van der Waals surface area contributed by atoms with Gasteiger partial charge in [-0.3, -0.25) is 9.69 Å². The van der Waals surface area contributed by atoms with Crippen LogP contribution in [0.5, 0.6) is 0 Å². The van der Waals surface area contributed by atoms with Gasteiger partial charge in [0.15, 0.2) is 0 Å². The molecule has 1 heterocycles. The van der Waals surface area contributed by atoms with E-state index in [1.807, 2.05) is 11.8 Å². The zero-order chi connectivity index (χ0) is 10.0. The first-order chi connectivity index (χ1) is 6.02. The van der Waals surface area contributed by atoms with Gasteiger partial charge >= 0.3 is 0 Å². The number of rotatable bonds is 2. The molecule has 0 spiro atoms. The maximum absolute atomic E-state index is 10.9. The Hall–Kier alpha value is -0.610. The molecule has 0 radical (unpaired) electrons. The van der Waals surface area contributed by atoms with Crippen molar-refractivity contribution in [2.45, 2.75) is 32.4 Å². The number of carbonyl (C=O) groups is 1.